The molecule has 3 N–H and O–H groups in total. The summed E-state index contributed by atoms with van der Waals surface area (Å²) in [6.45, 7) is 6.59. The van der Waals surface area contributed by atoms with Gasteiger partial charge >= 0.3 is 0 Å². The van der Waals surface area contributed by atoms with Crippen LogP contribution in [0, 0.1) is 25.7 Å². The fourth-order valence-electron chi connectivity index (χ4n) is 5.69. The molecule has 4 rings (SSSR count). The van der Waals surface area contributed by atoms with Crippen molar-refractivity contribution in [1.29, 1.82) is 0 Å². The number of hydrogen-bond acceptors (Lipinski definition) is 7. The molecule has 1 aromatic rings. The average molecular weight is 518 g/mol. The number of hydrogen-bond donors (Lipinski definition) is 2. The number of nitrogens with one attached hydrogen (secondary N) is 1. The van der Waals surface area contributed by atoms with Gasteiger partial charge in [0.25, 0.3) is 5.91 Å². The second kappa shape index (κ2) is 10.1. The van der Waals surface area contributed by atoms with Gasteiger partial charge in [0.2, 0.25) is 10.0 Å². The number of piperidine rings is 1. The molecular weight excluding hydrogens is 478 g/mol. The molecule has 10 heteroatoms. The number of nitrogens with zero attached hydrogens (tertiary/aromatic N) is 3. The number of amidine groups is 1. The van der Waals surface area contributed by atoms with Gasteiger partial charge in [0.05, 0.1) is 12.8 Å². The minimum Gasteiger partial charge on any atom is -0.494 e. The van der Waals surface area contributed by atoms with Gasteiger partial charge in [0, 0.05) is 37.0 Å². The Balaban J connectivity index is 1.48. The maximum Gasteiger partial charge on any atom is 0.253 e. The Kier molecular flexibility index (Phi) is 7.50. The Morgan fingerprint density at radius 1 is 1.22 bits per heavy atom. The highest BCUT2D eigenvalue weighted by Gasteiger charge is 2.48. The lowest BCUT2D eigenvalue weighted by Gasteiger charge is -2.34. The molecule has 1 saturated heterocycles. The van der Waals surface area contributed by atoms with E-state index >= 15 is 0 Å². The van der Waals surface area contributed by atoms with Crippen LogP contribution in [0.2, 0.25) is 0 Å². The molecule has 3 aliphatic rings. The molecule has 2 fully saturated rings. The number of aryl methyl sites for hydroxylation is 1. The molecule has 1 aliphatic carbocycles. The van der Waals surface area contributed by atoms with Crippen molar-refractivity contribution in [2.24, 2.45) is 22.7 Å². The lowest BCUT2D eigenvalue weighted by molar-refractivity contribution is -0.124. The topological polar surface area (TPSA) is 117 Å². The van der Waals surface area contributed by atoms with Gasteiger partial charge in [-0.25, -0.2) is 14.3 Å². The van der Waals surface area contributed by atoms with Crippen LogP contribution < -0.4 is 20.9 Å². The van der Waals surface area contributed by atoms with Crippen molar-refractivity contribution in [3.8, 4) is 5.75 Å². The first-order valence-electron chi connectivity index (χ1n) is 12.7. The smallest absolute Gasteiger partial charge is 0.253 e. The second-order valence-electron chi connectivity index (χ2n) is 10.6. The number of methoxy groups -OCH3 is 1. The number of sulfonamides is 1. The van der Waals surface area contributed by atoms with Gasteiger partial charge in [-0.3, -0.25) is 9.79 Å². The number of aliphatic imine (C=N–C) groups is 1. The first-order valence-corrected chi connectivity index (χ1v) is 14.2. The van der Waals surface area contributed by atoms with Crippen molar-refractivity contribution in [1.82, 2.24) is 9.62 Å². The van der Waals surface area contributed by atoms with Gasteiger partial charge in [-0.15, -0.1) is 0 Å². The van der Waals surface area contributed by atoms with E-state index in [2.05, 4.69) is 12.2 Å². The zero-order valence-electron chi connectivity index (χ0n) is 22.0. The van der Waals surface area contributed by atoms with Gasteiger partial charge in [-0.05, 0) is 68.7 Å². The lowest BCUT2D eigenvalue weighted by Crippen LogP contribution is -2.50. The number of nitrogens with two attached hydrogens (primary N) is 1. The fourth-order valence-corrected chi connectivity index (χ4v) is 6.86. The first kappa shape index (κ1) is 26.6. The Labute approximate surface area is 214 Å². The van der Waals surface area contributed by atoms with Gasteiger partial charge in [0.1, 0.15) is 17.1 Å². The van der Waals surface area contributed by atoms with Crippen molar-refractivity contribution >= 4 is 33.5 Å². The summed E-state index contributed by atoms with van der Waals surface area (Å²) in [4.78, 5) is 17.8. The molecule has 0 aromatic heterocycles. The fraction of sp³-hybridized carbons (Fsp3) is 0.615. The molecule has 1 saturated carbocycles. The van der Waals surface area contributed by atoms with Crippen molar-refractivity contribution in [2.45, 2.75) is 64.8 Å². The number of hydrazine groups is 1. The predicted octanol–water partition coefficient (Wildman–Crippen LogP) is 3.11. The normalized spacial score (nSPS) is 24.7. The van der Waals surface area contributed by atoms with Gasteiger partial charge in [-0.2, -0.15) is 4.31 Å². The Bertz CT molecular complexity index is 1180. The Hall–Kier alpha value is -2.43. The van der Waals surface area contributed by atoms with Crippen LogP contribution in [0.4, 0.5) is 5.69 Å². The SMILES string of the molecule is COc1c(N(C)N)cc(C)c(/C=C/S(=O)(=O)N2CCC3(CC2)N=C([C@H]2CC[C@H](C)CC2)NC3=O)c1C. The summed E-state index contributed by atoms with van der Waals surface area (Å²) in [6.07, 6.45) is 6.81. The van der Waals surface area contributed by atoms with E-state index in [0.717, 1.165) is 59.8 Å². The third-order valence-corrected chi connectivity index (χ3v) is 9.62. The monoisotopic (exact) mass is 517 g/mol. The second-order valence-corrected chi connectivity index (χ2v) is 12.4. The van der Waals surface area contributed by atoms with E-state index in [1.807, 2.05) is 19.9 Å². The summed E-state index contributed by atoms with van der Waals surface area (Å²) in [7, 11) is -0.369. The highest BCUT2D eigenvalue weighted by Crippen LogP contribution is 2.37. The van der Waals surface area contributed by atoms with Crippen molar-refractivity contribution < 1.29 is 17.9 Å². The molecule has 1 amide bonds. The summed E-state index contributed by atoms with van der Waals surface area (Å²) in [6, 6.07) is 1.88. The number of amides is 1. The van der Waals surface area contributed by atoms with Crippen LogP contribution in [-0.2, 0) is 14.8 Å². The van der Waals surface area contributed by atoms with Crippen LogP contribution >= 0.6 is 0 Å². The average Bonchev–Trinajstić information content (AvgIpc) is 3.14. The van der Waals surface area contributed by atoms with Crippen LogP contribution in [0.5, 0.6) is 5.75 Å². The van der Waals surface area contributed by atoms with Crippen LogP contribution in [0.3, 0.4) is 0 Å². The molecule has 9 nitrogen and oxygen atoms in total. The van der Waals surface area contributed by atoms with Gasteiger partial charge < -0.3 is 15.1 Å². The Morgan fingerprint density at radius 2 is 1.86 bits per heavy atom. The summed E-state index contributed by atoms with van der Waals surface area (Å²) in [5.74, 6) is 8.31. The number of carbonyl (C=O) groups is 1. The number of ether oxygens (including phenoxy) is 1. The molecule has 36 heavy (non-hydrogen) atoms. The first-order chi connectivity index (χ1) is 17.0. The van der Waals surface area contributed by atoms with Gasteiger partial charge in [0.15, 0.2) is 0 Å². The van der Waals surface area contributed by atoms with Crippen molar-refractivity contribution in [2.75, 3.05) is 32.3 Å². The van der Waals surface area contributed by atoms with Crippen LogP contribution in [-0.4, -0.2) is 57.3 Å². The number of benzene rings is 1. The minimum absolute atomic E-state index is 0.0768. The maximum atomic E-state index is 13.2. The molecule has 2 aliphatic heterocycles. The minimum atomic E-state index is -3.67. The lowest BCUT2D eigenvalue weighted by atomic mass is 9.82. The molecule has 1 aromatic carbocycles. The highest BCUT2D eigenvalue weighted by atomic mass is 32.2. The standard InChI is InChI=1S/C26H39N5O4S/c1-17-6-8-20(9-7-17)24-28-25(32)26(29-24)11-13-31(14-12-26)36(33,34)15-10-21-18(2)16-22(30(4)27)23(35-5)19(21)3/h10,15-17,20H,6-9,11-14,27H2,1-5H3,(H,28,29,32)/b15-10+/t17-,20-. The summed E-state index contributed by atoms with van der Waals surface area (Å²) >= 11 is 0. The quantitative estimate of drug-likeness (QED) is 0.442. The number of carbonyl (C=O) groups excluding carboxylic acids is 1. The molecule has 0 radical (unpaired) electrons. The van der Waals surface area contributed by atoms with E-state index in [9.17, 15) is 13.2 Å². The summed E-state index contributed by atoms with van der Waals surface area (Å²) in [5, 5.41) is 5.77. The number of anilines is 1. The van der Waals surface area contributed by atoms with Crippen LogP contribution in [0.25, 0.3) is 6.08 Å². The van der Waals surface area contributed by atoms with E-state index in [0.29, 0.717) is 24.5 Å². The maximum absolute atomic E-state index is 13.2. The predicted molar refractivity (Wildman–Crippen MR) is 143 cm³/mol. The third kappa shape index (κ3) is 5.03. The third-order valence-electron chi connectivity index (χ3n) is 8.06. The molecule has 2 heterocycles. The summed E-state index contributed by atoms with van der Waals surface area (Å²) < 4.78 is 33.3. The van der Waals surface area contributed by atoms with Gasteiger partial charge in [-0.1, -0.05) is 19.8 Å². The van der Waals surface area contributed by atoms with Crippen molar-refractivity contribution in [3.63, 3.8) is 0 Å². The van der Waals surface area contributed by atoms with Crippen LogP contribution in [0.1, 0.15) is 62.1 Å². The van der Waals surface area contributed by atoms with E-state index in [-0.39, 0.29) is 19.0 Å². The number of rotatable bonds is 6. The highest BCUT2D eigenvalue weighted by molar-refractivity contribution is 7.92. The molecule has 1 spiro atoms. The molecule has 0 bridgehead atoms. The molecule has 198 valence electrons. The largest absolute Gasteiger partial charge is 0.494 e. The van der Waals surface area contributed by atoms with Crippen molar-refractivity contribution in [3.05, 3.63) is 28.2 Å². The summed E-state index contributed by atoms with van der Waals surface area (Å²) in [5.41, 5.74) is 2.38. The Morgan fingerprint density at radius 3 is 2.44 bits per heavy atom. The molecular formula is C26H39N5O4S. The van der Waals surface area contributed by atoms with E-state index in [4.69, 9.17) is 15.6 Å². The molecule has 0 atom stereocenters. The zero-order valence-corrected chi connectivity index (χ0v) is 22.8. The molecule has 0 unspecified atom stereocenters. The zero-order chi connectivity index (χ0) is 26.3. The van der Waals surface area contributed by atoms with E-state index in [1.54, 1.807) is 20.2 Å². The van der Waals surface area contributed by atoms with E-state index in [1.165, 1.54) is 14.7 Å². The van der Waals surface area contributed by atoms with Crippen LogP contribution in [0.15, 0.2) is 16.5 Å². The van der Waals surface area contributed by atoms with E-state index < -0.39 is 15.6 Å².